The van der Waals surface area contributed by atoms with Gasteiger partial charge in [-0.25, -0.2) is 0 Å². The Kier molecular flexibility index (Phi) is 6.55. The van der Waals surface area contributed by atoms with Crippen molar-refractivity contribution in [3.8, 4) is 0 Å². The third-order valence-electron chi connectivity index (χ3n) is 3.27. The smallest absolute Gasteiger partial charge is 0.0417 e. The predicted molar refractivity (Wildman–Crippen MR) is 91.0 cm³/mol. The lowest BCUT2D eigenvalue weighted by Crippen LogP contribution is -2.23. The van der Waals surface area contributed by atoms with Crippen LogP contribution >= 0.6 is 27.3 Å². The predicted octanol–water partition coefficient (Wildman–Crippen LogP) is 5.93. The van der Waals surface area contributed by atoms with E-state index in [4.69, 9.17) is 0 Å². The van der Waals surface area contributed by atoms with E-state index >= 15 is 0 Å². The fourth-order valence-electron chi connectivity index (χ4n) is 2.73. The lowest BCUT2D eigenvalue weighted by Gasteiger charge is -2.26. The van der Waals surface area contributed by atoms with Gasteiger partial charge in [0.05, 0.1) is 0 Å². The van der Waals surface area contributed by atoms with Gasteiger partial charge in [0.2, 0.25) is 0 Å². The highest BCUT2D eigenvalue weighted by atomic mass is 79.9. The van der Waals surface area contributed by atoms with E-state index in [0.29, 0.717) is 11.5 Å². The van der Waals surface area contributed by atoms with Crippen molar-refractivity contribution in [2.75, 3.05) is 6.54 Å². The molecule has 0 aromatic carbocycles. The Bertz CT molecular complexity index is 372. The quantitative estimate of drug-likeness (QED) is 0.673. The zero-order valence-corrected chi connectivity index (χ0v) is 15.5. The van der Waals surface area contributed by atoms with Gasteiger partial charge in [-0.3, -0.25) is 0 Å². The average Bonchev–Trinajstić information content (AvgIpc) is 2.56. The molecule has 1 N–H and O–H groups in total. The Morgan fingerprint density at radius 2 is 2.00 bits per heavy atom. The van der Waals surface area contributed by atoms with Gasteiger partial charge in [-0.15, -0.1) is 11.3 Å². The van der Waals surface area contributed by atoms with E-state index in [1.807, 2.05) is 11.3 Å². The third-order valence-corrected chi connectivity index (χ3v) is 5.52. The summed E-state index contributed by atoms with van der Waals surface area (Å²) in [5, 5.41) is 3.65. The number of rotatable bonds is 6. The first-order chi connectivity index (χ1) is 8.73. The van der Waals surface area contributed by atoms with Crippen LogP contribution in [0.3, 0.4) is 0 Å². The largest absolute Gasteiger partial charge is 0.310 e. The molecule has 0 radical (unpaired) electrons. The van der Waals surface area contributed by atoms with Gasteiger partial charge in [-0.2, -0.15) is 0 Å². The number of halogens is 1. The standard InChI is InChI=1S/C16H28BrNS/c1-7-18-14(8-11(2)10-16(4,5)6)15-9-13(17)12(3)19-15/h9,11,14,18H,7-8,10H2,1-6H3. The molecule has 2 unspecified atom stereocenters. The minimum Gasteiger partial charge on any atom is -0.310 e. The first kappa shape index (κ1) is 17.2. The molecule has 1 aromatic rings. The molecule has 110 valence electrons. The highest BCUT2D eigenvalue weighted by molar-refractivity contribution is 9.10. The summed E-state index contributed by atoms with van der Waals surface area (Å²) in [4.78, 5) is 2.84. The molecular formula is C16H28BrNS. The molecule has 0 saturated carbocycles. The maximum Gasteiger partial charge on any atom is 0.0417 e. The van der Waals surface area contributed by atoms with Gasteiger partial charge >= 0.3 is 0 Å². The lowest BCUT2D eigenvalue weighted by atomic mass is 9.83. The Balaban J connectivity index is 2.72. The lowest BCUT2D eigenvalue weighted by molar-refractivity contribution is 0.277. The van der Waals surface area contributed by atoms with Crippen molar-refractivity contribution in [1.82, 2.24) is 5.32 Å². The summed E-state index contributed by atoms with van der Waals surface area (Å²) < 4.78 is 1.25. The van der Waals surface area contributed by atoms with Crippen molar-refractivity contribution in [2.24, 2.45) is 11.3 Å². The van der Waals surface area contributed by atoms with Gasteiger partial charge in [0, 0.05) is 20.3 Å². The van der Waals surface area contributed by atoms with Gasteiger partial charge in [0.1, 0.15) is 0 Å². The summed E-state index contributed by atoms with van der Waals surface area (Å²) in [7, 11) is 0. The SMILES string of the molecule is CCNC(CC(C)CC(C)(C)C)c1cc(Br)c(C)s1. The number of aryl methyl sites for hydroxylation is 1. The summed E-state index contributed by atoms with van der Waals surface area (Å²) in [5.41, 5.74) is 0.419. The zero-order valence-electron chi connectivity index (χ0n) is 13.1. The van der Waals surface area contributed by atoms with Crippen molar-refractivity contribution in [3.05, 3.63) is 20.3 Å². The van der Waals surface area contributed by atoms with Crippen LogP contribution in [0.4, 0.5) is 0 Å². The molecule has 0 bridgehead atoms. The zero-order chi connectivity index (χ0) is 14.6. The second-order valence-corrected chi connectivity index (χ2v) is 8.91. The van der Waals surface area contributed by atoms with Crippen molar-refractivity contribution >= 4 is 27.3 Å². The minimum absolute atomic E-state index is 0.419. The van der Waals surface area contributed by atoms with Crippen molar-refractivity contribution < 1.29 is 0 Å². The van der Waals surface area contributed by atoms with Crippen molar-refractivity contribution in [2.45, 2.75) is 60.4 Å². The highest BCUT2D eigenvalue weighted by Crippen LogP contribution is 2.35. The Hall–Kier alpha value is 0.140. The molecule has 2 atom stereocenters. The van der Waals surface area contributed by atoms with Crippen LogP contribution in [0.15, 0.2) is 10.5 Å². The van der Waals surface area contributed by atoms with Gasteiger partial charge in [0.25, 0.3) is 0 Å². The van der Waals surface area contributed by atoms with Crippen LogP contribution < -0.4 is 5.32 Å². The highest BCUT2D eigenvalue weighted by Gasteiger charge is 2.21. The summed E-state index contributed by atoms with van der Waals surface area (Å²) in [6, 6.07) is 2.79. The maximum atomic E-state index is 3.65. The third kappa shape index (κ3) is 5.97. The maximum absolute atomic E-state index is 3.65. The molecule has 19 heavy (non-hydrogen) atoms. The van der Waals surface area contributed by atoms with Crippen LogP contribution in [0.25, 0.3) is 0 Å². The van der Waals surface area contributed by atoms with Crippen LogP contribution in [0.1, 0.15) is 63.3 Å². The summed E-state index contributed by atoms with van der Waals surface area (Å²) >= 11 is 5.55. The molecule has 0 aliphatic rings. The van der Waals surface area contributed by atoms with Crippen LogP contribution in [0.5, 0.6) is 0 Å². The second-order valence-electron chi connectivity index (χ2n) is 6.77. The molecule has 0 saturated heterocycles. The minimum atomic E-state index is 0.419. The molecule has 1 nitrogen and oxygen atoms in total. The molecule has 0 aliphatic heterocycles. The normalized spacial score (nSPS) is 15.5. The van der Waals surface area contributed by atoms with Gasteiger partial charge < -0.3 is 5.32 Å². The molecule has 0 aliphatic carbocycles. The molecule has 1 rings (SSSR count). The van der Waals surface area contributed by atoms with Gasteiger partial charge in [0.15, 0.2) is 0 Å². The van der Waals surface area contributed by atoms with Crippen molar-refractivity contribution in [3.63, 3.8) is 0 Å². The van der Waals surface area contributed by atoms with E-state index in [1.165, 1.54) is 27.1 Å². The molecule has 1 aromatic heterocycles. The average molecular weight is 346 g/mol. The number of hydrogen-bond acceptors (Lipinski definition) is 2. The number of hydrogen-bond donors (Lipinski definition) is 1. The summed E-state index contributed by atoms with van der Waals surface area (Å²) in [6.07, 6.45) is 2.50. The first-order valence-electron chi connectivity index (χ1n) is 7.22. The van der Waals surface area contributed by atoms with Crippen LogP contribution in [-0.2, 0) is 0 Å². The first-order valence-corrected chi connectivity index (χ1v) is 8.83. The molecule has 0 fully saturated rings. The second kappa shape index (κ2) is 7.24. The molecule has 3 heteroatoms. The van der Waals surface area contributed by atoms with Crippen LogP contribution in [-0.4, -0.2) is 6.54 Å². The Morgan fingerprint density at radius 3 is 2.42 bits per heavy atom. The fraction of sp³-hybridized carbons (Fsp3) is 0.750. The van der Waals surface area contributed by atoms with E-state index in [1.54, 1.807) is 0 Å². The van der Waals surface area contributed by atoms with E-state index < -0.39 is 0 Å². The Labute approximate surface area is 131 Å². The fourth-order valence-corrected chi connectivity index (χ4v) is 4.38. The van der Waals surface area contributed by atoms with E-state index in [0.717, 1.165) is 12.5 Å². The van der Waals surface area contributed by atoms with Crippen LogP contribution in [0.2, 0.25) is 0 Å². The van der Waals surface area contributed by atoms with E-state index in [-0.39, 0.29) is 0 Å². The molecule has 0 spiro atoms. The molecule has 1 heterocycles. The summed E-state index contributed by atoms with van der Waals surface area (Å²) in [6.45, 7) is 14.8. The summed E-state index contributed by atoms with van der Waals surface area (Å²) in [5.74, 6) is 0.741. The van der Waals surface area contributed by atoms with Gasteiger partial charge in [-0.1, -0.05) is 34.6 Å². The molecular weight excluding hydrogens is 318 g/mol. The van der Waals surface area contributed by atoms with E-state index in [9.17, 15) is 0 Å². The van der Waals surface area contributed by atoms with Crippen molar-refractivity contribution in [1.29, 1.82) is 0 Å². The van der Waals surface area contributed by atoms with E-state index in [2.05, 4.69) is 68.9 Å². The number of thiophene rings is 1. The Morgan fingerprint density at radius 1 is 1.37 bits per heavy atom. The van der Waals surface area contributed by atoms with Gasteiger partial charge in [-0.05, 0) is 59.6 Å². The topological polar surface area (TPSA) is 12.0 Å². The van der Waals surface area contributed by atoms with Crippen LogP contribution in [0, 0.1) is 18.3 Å². The molecule has 0 amide bonds. The number of nitrogens with one attached hydrogen (secondary N) is 1. The monoisotopic (exact) mass is 345 g/mol.